The standard InChI is InChI=1S/C18H14Cl2N2O4S/c1-10-21-17(9-26-10)14-7-11(3-6-15(14)19)22-18(23)13-5-4-12(8-16(13)20)27(2,24)25/h3-9H,1-2H3,(H,22,23). The van der Waals surface area contributed by atoms with Crippen LogP contribution in [-0.2, 0) is 9.84 Å². The number of amides is 1. The highest BCUT2D eigenvalue weighted by Crippen LogP contribution is 2.30. The van der Waals surface area contributed by atoms with Crippen molar-refractivity contribution in [2.75, 3.05) is 11.6 Å². The van der Waals surface area contributed by atoms with Crippen molar-refractivity contribution in [3.05, 3.63) is 64.2 Å². The molecule has 1 heterocycles. The lowest BCUT2D eigenvalue weighted by Crippen LogP contribution is -2.13. The summed E-state index contributed by atoms with van der Waals surface area (Å²) in [5, 5.41) is 3.21. The van der Waals surface area contributed by atoms with Crippen LogP contribution in [0.5, 0.6) is 0 Å². The second-order valence-electron chi connectivity index (χ2n) is 5.81. The van der Waals surface area contributed by atoms with E-state index in [-0.39, 0.29) is 15.5 Å². The van der Waals surface area contributed by atoms with Gasteiger partial charge in [0.05, 0.1) is 20.5 Å². The maximum absolute atomic E-state index is 12.5. The molecule has 0 aliphatic heterocycles. The lowest BCUT2D eigenvalue weighted by Gasteiger charge is -2.10. The highest BCUT2D eigenvalue weighted by atomic mass is 35.5. The fourth-order valence-corrected chi connectivity index (χ4v) is 3.59. The van der Waals surface area contributed by atoms with E-state index < -0.39 is 15.7 Å². The Kier molecular flexibility index (Phi) is 5.28. The van der Waals surface area contributed by atoms with E-state index in [1.54, 1.807) is 25.1 Å². The van der Waals surface area contributed by atoms with Gasteiger partial charge in [-0.15, -0.1) is 0 Å². The molecule has 0 bridgehead atoms. The maximum Gasteiger partial charge on any atom is 0.257 e. The minimum absolute atomic E-state index is 0.0386. The Morgan fingerprint density at radius 1 is 1.11 bits per heavy atom. The van der Waals surface area contributed by atoms with Crippen LogP contribution in [0.3, 0.4) is 0 Å². The molecule has 140 valence electrons. The molecular formula is C18H14Cl2N2O4S. The molecule has 2 aromatic carbocycles. The molecule has 3 aromatic rings. The number of aryl methyl sites for hydroxylation is 1. The number of hydrogen-bond donors (Lipinski definition) is 1. The Bertz CT molecular complexity index is 1140. The first-order valence-electron chi connectivity index (χ1n) is 7.68. The van der Waals surface area contributed by atoms with Crippen LogP contribution in [0.2, 0.25) is 10.0 Å². The Labute approximate surface area is 166 Å². The Hall–Kier alpha value is -2.35. The monoisotopic (exact) mass is 424 g/mol. The van der Waals surface area contributed by atoms with Gasteiger partial charge in [-0.25, -0.2) is 13.4 Å². The highest BCUT2D eigenvalue weighted by Gasteiger charge is 2.16. The van der Waals surface area contributed by atoms with E-state index in [0.717, 1.165) is 6.26 Å². The highest BCUT2D eigenvalue weighted by molar-refractivity contribution is 7.90. The van der Waals surface area contributed by atoms with Gasteiger partial charge in [0.25, 0.3) is 5.91 Å². The third kappa shape index (κ3) is 4.32. The van der Waals surface area contributed by atoms with Gasteiger partial charge >= 0.3 is 0 Å². The summed E-state index contributed by atoms with van der Waals surface area (Å²) >= 11 is 12.3. The van der Waals surface area contributed by atoms with Gasteiger partial charge in [0.2, 0.25) is 0 Å². The molecule has 0 fully saturated rings. The lowest BCUT2D eigenvalue weighted by atomic mass is 10.1. The molecule has 0 radical (unpaired) electrons. The third-order valence-electron chi connectivity index (χ3n) is 3.73. The molecule has 27 heavy (non-hydrogen) atoms. The molecule has 6 nitrogen and oxygen atoms in total. The second kappa shape index (κ2) is 7.34. The third-order valence-corrected chi connectivity index (χ3v) is 5.49. The summed E-state index contributed by atoms with van der Waals surface area (Å²) in [6, 6.07) is 8.88. The average Bonchev–Trinajstić information content (AvgIpc) is 3.01. The van der Waals surface area contributed by atoms with Crippen LogP contribution in [0.15, 0.2) is 52.0 Å². The number of benzene rings is 2. The molecule has 0 saturated carbocycles. The first-order chi connectivity index (χ1) is 12.6. The number of nitrogens with one attached hydrogen (secondary N) is 1. The van der Waals surface area contributed by atoms with Crippen molar-refractivity contribution < 1.29 is 17.6 Å². The van der Waals surface area contributed by atoms with Crippen LogP contribution in [0, 0.1) is 6.92 Å². The molecule has 1 N–H and O–H groups in total. The number of hydrogen-bond acceptors (Lipinski definition) is 5. The Morgan fingerprint density at radius 2 is 1.85 bits per heavy atom. The van der Waals surface area contributed by atoms with Crippen molar-refractivity contribution in [2.45, 2.75) is 11.8 Å². The van der Waals surface area contributed by atoms with E-state index in [1.807, 2.05) is 0 Å². The molecule has 0 saturated heterocycles. The summed E-state index contributed by atoms with van der Waals surface area (Å²) in [5.74, 6) is 0.0120. The van der Waals surface area contributed by atoms with Gasteiger partial charge in [-0.2, -0.15) is 0 Å². The quantitative estimate of drug-likeness (QED) is 0.659. The van der Waals surface area contributed by atoms with Crippen molar-refractivity contribution in [1.29, 1.82) is 0 Å². The van der Waals surface area contributed by atoms with Crippen LogP contribution in [0.1, 0.15) is 16.2 Å². The summed E-state index contributed by atoms with van der Waals surface area (Å²) in [4.78, 5) is 16.8. The van der Waals surface area contributed by atoms with Gasteiger partial charge < -0.3 is 9.73 Å². The van der Waals surface area contributed by atoms with E-state index in [9.17, 15) is 13.2 Å². The van der Waals surface area contributed by atoms with Crippen molar-refractivity contribution in [1.82, 2.24) is 4.98 Å². The number of aromatic nitrogens is 1. The Morgan fingerprint density at radius 3 is 2.44 bits per heavy atom. The molecular weight excluding hydrogens is 411 g/mol. The average molecular weight is 425 g/mol. The summed E-state index contributed by atoms with van der Waals surface area (Å²) in [7, 11) is -3.41. The fourth-order valence-electron chi connectivity index (χ4n) is 2.40. The van der Waals surface area contributed by atoms with Crippen LogP contribution < -0.4 is 5.32 Å². The van der Waals surface area contributed by atoms with E-state index in [2.05, 4.69) is 10.3 Å². The first kappa shape index (κ1) is 19.4. The van der Waals surface area contributed by atoms with Crippen molar-refractivity contribution in [2.24, 2.45) is 0 Å². The molecule has 0 aliphatic rings. The lowest BCUT2D eigenvalue weighted by molar-refractivity contribution is 0.102. The predicted molar refractivity (Wildman–Crippen MR) is 104 cm³/mol. The first-order valence-corrected chi connectivity index (χ1v) is 10.3. The van der Waals surface area contributed by atoms with Gasteiger partial charge in [-0.1, -0.05) is 23.2 Å². The zero-order valence-corrected chi connectivity index (χ0v) is 16.6. The largest absolute Gasteiger partial charge is 0.449 e. The van der Waals surface area contributed by atoms with Gasteiger partial charge in [0.15, 0.2) is 15.7 Å². The van der Waals surface area contributed by atoms with Gasteiger partial charge in [-0.05, 0) is 36.4 Å². The van der Waals surface area contributed by atoms with E-state index in [4.69, 9.17) is 27.6 Å². The van der Waals surface area contributed by atoms with Crippen molar-refractivity contribution in [3.63, 3.8) is 0 Å². The number of carbonyl (C=O) groups excluding carboxylic acids is 1. The molecule has 3 rings (SSSR count). The smallest absolute Gasteiger partial charge is 0.257 e. The van der Waals surface area contributed by atoms with Crippen LogP contribution in [0.4, 0.5) is 5.69 Å². The van der Waals surface area contributed by atoms with E-state index >= 15 is 0 Å². The van der Waals surface area contributed by atoms with E-state index in [1.165, 1.54) is 24.5 Å². The zero-order chi connectivity index (χ0) is 19.8. The van der Waals surface area contributed by atoms with Crippen LogP contribution >= 0.6 is 23.2 Å². The zero-order valence-electron chi connectivity index (χ0n) is 14.3. The number of sulfone groups is 1. The molecule has 9 heteroatoms. The van der Waals surface area contributed by atoms with Crippen molar-refractivity contribution in [3.8, 4) is 11.3 Å². The summed E-state index contributed by atoms with van der Waals surface area (Å²) in [6.45, 7) is 1.71. The normalized spacial score (nSPS) is 11.4. The number of nitrogens with zero attached hydrogens (tertiary/aromatic N) is 1. The minimum atomic E-state index is -3.41. The Balaban J connectivity index is 1.89. The van der Waals surface area contributed by atoms with Gasteiger partial charge in [0.1, 0.15) is 12.0 Å². The molecule has 1 aromatic heterocycles. The van der Waals surface area contributed by atoms with Crippen LogP contribution in [0.25, 0.3) is 11.3 Å². The summed E-state index contributed by atoms with van der Waals surface area (Å²) in [6.07, 6.45) is 2.54. The van der Waals surface area contributed by atoms with Crippen LogP contribution in [-0.4, -0.2) is 25.6 Å². The fraction of sp³-hybridized carbons (Fsp3) is 0.111. The predicted octanol–water partition coefficient (Wildman–Crippen LogP) is 4.61. The molecule has 0 aliphatic carbocycles. The van der Waals surface area contributed by atoms with Gasteiger partial charge in [-0.3, -0.25) is 4.79 Å². The number of oxazole rings is 1. The topological polar surface area (TPSA) is 89.3 Å². The van der Waals surface area contributed by atoms with Crippen molar-refractivity contribution >= 4 is 44.6 Å². The number of halogens is 2. The number of anilines is 1. The van der Waals surface area contributed by atoms with Gasteiger partial charge in [0, 0.05) is 24.4 Å². The van der Waals surface area contributed by atoms with E-state index in [0.29, 0.717) is 27.9 Å². The SMILES string of the molecule is Cc1nc(-c2cc(NC(=O)c3ccc(S(C)(=O)=O)cc3Cl)ccc2Cl)co1. The molecule has 1 amide bonds. The summed E-state index contributed by atoms with van der Waals surface area (Å²) in [5.41, 5.74) is 1.77. The molecule has 0 atom stereocenters. The maximum atomic E-state index is 12.5. The number of rotatable bonds is 4. The second-order valence-corrected chi connectivity index (χ2v) is 8.64. The minimum Gasteiger partial charge on any atom is -0.449 e. The number of carbonyl (C=O) groups is 1. The molecule has 0 unspecified atom stereocenters. The summed E-state index contributed by atoms with van der Waals surface area (Å²) < 4.78 is 28.4. The molecule has 0 spiro atoms.